The molecule has 1 heterocycles. The van der Waals surface area contributed by atoms with Gasteiger partial charge in [-0.15, -0.1) is 17.0 Å². The van der Waals surface area contributed by atoms with E-state index in [0.29, 0.717) is 11.3 Å². The maximum atomic E-state index is 12.4. The molecule has 0 bridgehead atoms. The molecule has 0 aromatic heterocycles. The summed E-state index contributed by atoms with van der Waals surface area (Å²) in [7, 11) is -2.37. The van der Waals surface area contributed by atoms with Gasteiger partial charge in [-0.2, -0.15) is 0 Å². The second kappa shape index (κ2) is 9.55. The molecule has 7 nitrogen and oxygen atoms in total. The Hall–Kier alpha value is -0.810. The zero-order valence-electron chi connectivity index (χ0n) is 16.2. The number of hydrogen-bond acceptors (Lipinski definition) is 6. The van der Waals surface area contributed by atoms with Gasteiger partial charge in [0.1, 0.15) is 4.90 Å². The molecule has 2 aliphatic rings. The highest BCUT2D eigenvalue weighted by molar-refractivity contribution is 8.93. The third-order valence-corrected chi connectivity index (χ3v) is 8.17. The Bertz CT molecular complexity index is 906. The van der Waals surface area contributed by atoms with Crippen molar-refractivity contribution in [3.05, 3.63) is 28.8 Å². The minimum Gasteiger partial charge on any atom is -0.366 e. The van der Waals surface area contributed by atoms with Crippen LogP contribution in [0.15, 0.2) is 28.1 Å². The Morgan fingerprint density at radius 3 is 2.62 bits per heavy atom. The lowest BCUT2D eigenvalue weighted by Gasteiger charge is -2.32. The Labute approximate surface area is 191 Å². The summed E-state index contributed by atoms with van der Waals surface area (Å²) in [4.78, 5) is 17.5. The van der Waals surface area contributed by atoms with Crippen LogP contribution in [0.5, 0.6) is 0 Å². The van der Waals surface area contributed by atoms with Gasteiger partial charge in [-0.25, -0.2) is 13.1 Å². The molecule has 162 valence electrons. The molecule has 1 aliphatic carbocycles. The van der Waals surface area contributed by atoms with E-state index in [9.17, 15) is 18.3 Å². The number of nitrogens with zero attached hydrogens (tertiary/aromatic N) is 2. The summed E-state index contributed by atoms with van der Waals surface area (Å²) >= 11 is 7.50. The van der Waals surface area contributed by atoms with E-state index in [-0.39, 0.29) is 32.9 Å². The largest absolute Gasteiger partial charge is 0.366 e. The van der Waals surface area contributed by atoms with Crippen LogP contribution in [0.25, 0.3) is 0 Å². The number of nitrogens with one attached hydrogen (secondary N) is 1. The van der Waals surface area contributed by atoms with E-state index in [2.05, 4.69) is 0 Å². The van der Waals surface area contributed by atoms with Gasteiger partial charge in [-0.3, -0.25) is 9.79 Å². The summed E-state index contributed by atoms with van der Waals surface area (Å²) in [5, 5.41) is 12.0. The number of halogens is 2. The van der Waals surface area contributed by atoms with Crippen molar-refractivity contribution < 1.29 is 18.3 Å². The van der Waals surface area contributed by atoms with Gasteiger partial charge in [0.25, 0.3) is 10.0 Å². The third kappa shape index (κ3) is 5.28. The molecule has 2 fully saturated rings. The fourth-order valence-electron chi connectivity index (χ4n) is 3.49. The number of sulfonamides is 1. The normalized spacial score (nSPS) is 24.4. The minimum atomic E-state index is -4.12. The number of thioether (sulfide) groups is 1. The van der Waals surface area contributed by atoms with Gasteiger partial charge < -0.3 is 10.0 Å². The average molecular weight is 527 g/mol. The van der Waals surface area contributed by atoms with Gasteiger partial charge in [0, 0.05) is 19.5 Å². The zero-order valence-corrected chi connectivity index (χ0v) is 20.3. The molecule has 0 spiro atoms. The molecule has 2 N–H and O–H groups in total. The first-order valence-electron chi connectivity index (χ1n) is 9.14. The van der Waals surface area contributed by atoms with Crippen LogP contribution in [-0.2, 0) is 20.5 Å². The first-order valence-corrected chi connectivity index (χ1v) is 12.0. The van der Waals surface area contributed by atoms with E-state index in [1.54, 1.807) is 18.0 Å². The average Bonchev–Trinajstić information content (AvgIpc) is 2.91. The van der Waals surface area contributed by atoms with Crippen LogP contribution in [-0.4, -0.2) is 48.3 Å². The van der Waals surface area contributed by atoms with Crippen LogP contribution in [0.3, 0.4) is 0 Å². The number of aliphatic hydroxyl groups is 1. The number of hydrogen-bond donors (Lipinski definition) is 2. The molecule has 3 rings (SSSR count). The second-order valence-electron chi connectivity index (χ2n) is 7.17. The molecular weight excluding hydrogens is 502 g/mol. The van der Waals surface area contributed by atoms with Crippen molar-refractivity contribution in [1.29, 1.82) is 0 Å². The molecule has 1 aliphatic heterocycles. The molecular formula is C18H25BrClN3O4S2. The van der Waals surface area contributed by atoms with Crippen LogP contribution in [0.1, 0.15) is 44.6 Å². The summed E-state index contributed by atoms with van der Waals surface area (Å²) < 4.78 is 26.7. The van der Waals surface area contributed by atoms with Crippen LogP contribution in [0.4, 0.5) is 0 Å². The first-order chi connectivity index (χ1) is 13.1. The van der Waals surface area contributed by atoms with Gasteiger partial charge in [0.15, 0.2) is 10.9 Å². The monoisotopic (exact) mass is 525 g/mol. The van der Waals surface area contributed by atoms with E-state index in [1.165, 1.54) is 43.2 Å². The number of carbonyl (C=O) groups is 1. The molecule has 1 aromatic carbocycles. The minimum absolute atomic E-state index is 0. The Morgan fingerprint density at radius 2 is 2.00 bits per heavy atom. The number of rotatable bonds is 4. The Kier molecular flexibility index (Phi) is 8.06. The van der Waals surface area contributed by atoms with E-state index in [1.807, 2.05) is 4.72 Å². The van der Waals surface area contributed by atoms with Crippen LogP contribution < -0.4 is 4.72 Å². The summed E-state index contributed by atoms with van der Waals surface area (Å²) in [6.45, 7) is 1.11. The van der Waals surface area contributed by atoms with Crippen molar-refractivity contribution in [3.8, 4) is 0 Å². The molecule has 1 saturated carbocycles. The summed E-state index contributed by atoms with van der Waals surface area (Å²) in [6, 6.07) is 4.59. The Morgan fingerprint density at radius 1 is 1.34 bits per heavy atom. The van der Waals surface area contributed by atoms with Gasteiger partial charge in [-0.1, -0.05) is 48.7 Å². The summed E-state index contributed by atoms with van der Waals surface area (Å²) in [6.07, 6.45) is 5.68. The topological polar surface area (TPSA) is 99.1 Å². The SMILES string of the molecule is Br.CC(=O)NS(=O)(=O)c1cc(C2(O)CSC(=NC3CCCCC3)N2C)ccc1Cl. The van der Waals surface area contributed by atoms with Crippen molar-refractivity contribution in [3.63, 3.8) is 0 Å². The van der Waals surface area contributed by atoms with Crippen molar-refractivity contribution >= 4 is 61.4 Å². The molecule has 0 radical (unpaired) electrons. The molecule has 1 amide bonds. The van der Waals surface area contributed by atoms with E-state index in [0.717, 1.165) is 24.9 Å². The summed E-state index contributed by atoms with van der Waals surface area (Å²) in [5.41, 5.74) is -1.03. The maximum Gasteiger partial charge on any atom is 0.265 e. The zero-order chi connectivity index (χ0) is 20.5. The molecule has 11 heteroatoms. The smallest absolute Gasteiger partial charge is 0.265 e. The van der Waals surface area contributed by atoms with Crippen molar-refractivity contribution in [2.24, 2.45) is 4.99 Å². The van der Waals surface area contributed by atoms with E-state index >= 15 is 0 Å². The fraction of sp³-hybridized carbons (Fsp3) is 0.556. The van der Waals surface area contributed by atoms with Gasteiger partial charge in [0.2, 0.25) is 5.91 Å². The maximum absolute atomic E-state index is 12.4. The molecule has 1 atom stereocenters. The first kappa shape index (κ1) is 24.5. The number of amides is 1. The van der Waals surface area contributed by atoms with E-state index in [4.69, 9.17) is 16.6 Å². The third-order valence-electron chi connectivity index (χ3n) is 5.07. The number of benzene rings is 1. The molecule has 1 saturated heterocycles. The van der Waals surface area contributed by atoms with Crippen LogP contribution in [0, 0.1) is 0 Å². The standard InChI is InChI=1S/C18H24ClN3O4S2.BrH/c1-12(23)21-28(25,26)16-10-13(8-9-15(16)19)18(24)11-27-17(22(18)2)20-14-6-4-3-5-7-14;/h8-10,14,24H,3-7,11H2,1-2H3,(H,21,23);1H. The predicted molar refractivity (Wildman–Crippen MR) is 121 cm³/mol. The summed E-state index contributed by atoms with van der Waals surface area (Å²) in [5.74, 6) is -0.397. The lowest BCUT2D eigenvalue weighted by Crippen LogP contribution is -2.42. The predicted octanol–water partition coefficient (Wildman–Crippen LogP) is 3.26. The van der Waals surface area contributed by atoms with E-state index < -0.39 is 21.7 Å². The quantitative estimate of drug-likeness (QED) is 0.625. The van der Waals surface area contributed by atoms with Crippen LogP contribution >= 0.6 is 40.3 Å². The number of carbonyl (C=O) groups excluding carboxylic acids is 1. The highest BCUT2D eigenvalue weighted by atomic mass is 79.9. The lowest BCUT2D eigenvalue weighted by molar-refractivity contribution is -0.117. The second-order valence-corrected chi connectivity index (χ2v) is 10.2. The number of amidine groups is 1. The van der Waals surface area contributed by atoms with Gasteiger partial charge >= 0.3 is 0 Å². The van der Waals surface area contributed by atoms with Crippen molar-refractivity contribution in [2.75, 3.05) is 12.8 Å². The van der Waals surface area contributed by atoms with Gasteiger partial charge in [-0.05, 0) is 25.0 Å². The molecule has 1 unspecified atom stereocenters. The highest BCUT2D eigenvalue weighted by Gasteiger charge is 2.43. The highest BCUT2D eigenvalue weighted by Crippen LogP contribution is 2.40. The van der Waals surface area contributed by atoms with Crippen LogP contribution in [0.2, 0.25) is 5.02 Å². The fourth-order valence-corrected chi connectivity index (χ4v) is 6.26. The van der Waals surface area contributed by atoms with Crippen molar-refractivity contribution in [1.82, 2.24) is 9.62 Å². The van der Waals surface area contributed by atoms with Crippen molar-refractivity contribution in [2.45, 2.75) is 55.7 Å². The number of aliphatic imine (C=N–C) groups is 1. The van der Waals surface area contributed by atoms with Gasteiger partial charge in [0.05, 0.1) is 16.8 Å². The Balaban J connectivity index is 0.00000300. The molecule has 1 aromatic rings. The molecule has 29 heavy (non-hydrogen) atoms. The lowest BCUT2D eigenvalue weighted by atomic mass is 9.96.